The first-order valence-electron chi connectivity index (χ1n) is 5.26. The Morgan fingerprint density at radius 2 is 2.33 bits per heavy atom. The number of aliphatic carboxylic acids is 1. The third kappa shape index (κ3) is 4.83. The highest BCUT2D eigenvalue weighted by Crippen LogP contribution is 2.02. The van der Waals surface area contributed by atoms with E-state index < -0.39 is 23.8 Å². The van der Waals surface area contributed by atoms with Gasteiger partial charge in [-0.2, -0.15) is 0 Å². The molecule has 0 saturated carbocycles. The van der Waals surface area contributed by atoms with Gasteiger partial charge < -0.3 is 20.1 Å². The number of alkyl carbamates (subject to hydrolysis) is 1. The first-order valence-corrected chi connectivity index (χ1v) is 5.26. The van der Waals surface area contributed by atoms with Crippen LogP contribution in [-0.2, 0) is 16.0 Å². The Hall–Kier alpha value is -2.09. The average Bonchev–Trinajstić information content (AvgIpc) is 2.66. The van der Waals surface area contributed by atoms with Crippen molar-refractivity contribution in [3.8, 4) is 0 Å². The maximum Gasteiger partial charge on any atom is 0.409 e. The minimum atomic E-state index is -1.17. The monoisotopic (exact) mass is 256 g/mol. The Balaban J connectivity index is 2.58. The van der Waals surface area contributed by atoms with E-state index in [1.165, 1.54) is 26.4 Å². The molecule has 0 radical (unpaired) electrons. The number of aromatic nitrogens is 2. The van der Waals surface area contributed by atoms with Gasteiger partial charge in [-0.15, -0.1) is 0 Å². The van der Waals surface area contributed by atoms with Crippen LogP contribution in [0.5, 0.6) is 0 Å². The van der Waals surface area contributed by atoms with Gasteiger partial charge in [0.2, 0.25) is 0 Å². The average molecular weight is 256 g/mol. The molecule has 100 valence electrons. The molecule has 0 aliphatic carbocycles. The molecule has 1 aromatic heterocycles. The van der Waals surface area contributed by atoms with Crippen LogP contribution in [0.2, 0.25) is 0 Å². The Morgan fingerprint density at radius 3 is 2.78 bits per heavy atom. The Labute approximate surface area is 104 Å². The van der Waals surface area contributed by atoms with Crippen molar-refractivity contribution in [2.75, 3.05) is 0 Å². The fraction of sp³-hybridized carbons (Fsp3) is 0.500. The molecule has 0 spiro atoms. The number of imidazole rings is 1. The van der Waals surface area contributed by atoms with E-state index in [1.807, 2.05) is 0 Å². The number of hydrogen-bond acceptors (Lipinski definition) is 5. The molecule has 0 aliphatic heterocycles. The molecule has 8 nitrogen and oxygen atoms in total. The van der Waals surface area contributed by atoms with Crippen molar-refractivity contribution in [3.05, 3.63) is 18.2 Å². The molecule has 8 heteroatoms. The number of nitrogens with one attached hydrogen (secondary N) is 2. The van der Waals surface area contributed by atoms with E-state index in [0.29, 0.717) is 5.69 Å². The van der Waals surface area contributed by atoms with E-state index >= 15 is 0 Å². The van der Waals surface area contributed by atoms with Gasteiger partial charge >= 0.3 is 12.1 Å². The first kappa shape index (κ1) is 14.0. The standard InChI is InChI=1S/C10H16N4O4/c1-10(2,11)18-9(17)14-7(8(15)16)3-6-4-12-5-13-6/h4-5,7H,3,11H2,1-2H3,(H,12,13)(H,14,17)(H,15,16)/t7-/m0/s1. The smallest absolute Gasteiger partial charge is 0.409 e. The number of carboxylic acids is 1. The highest BCUT2D eigenvalue weighted by atomic mass is 16.6. The van der Waals surface area contributed by atoms with E-state index in [1.54, 1.807) is 0 Å². The summed E-state index contributed by atoms with van der Waals surface area (Å²) in [6.45, 7) is 2.97. The molecule has 0 saturated heterocycles. The molecular formula is C10H16N4O4. The summed E-state index contributed by atoms with van der Waals surface area (Å²) in [6, 6.07) is -1.11. The van der Waals surface area contributed by atoms with Crippen molar-refractivity contribution in [1.29, 1.82) is 0 Å². The lowest BCUT2D eigenvalue weighted by Crippen LogP contribution is -2.47. The fourth-order valence-electron chi connectivity index (χ4n) is 1.23. The lowest BCUT2D eigenvalue weighted by atomic mass is 10.2. The molecule has 1 aromatic rings. The minimum absolute atomic E-state index is 0.0788. The number of carbonyl (C=O) groups excluding carboxylic acids is 1. The van der Waals surface area contributed by atoms with Gasteiger partial charge in [0, 0.05) is 18.3 Å². The van der Waals surface area contributed by atoms with Crippen molar-refractivity contribution in [2.45, 2.75) is 32.0 Å². The number of rotatable bonds is 5. The molecule has 0 fully saturated rings. The second kappa shape index (κ2) is 5.50. The number of amides is 1. The molecule has 1 atom stereocenters. The van der Waals surface area contributed by atoms with E-state index in [9.17, 15) is 9.59 Å². The molecule has 0 unspecified atom stereocenters. The second-order valence-corrected chi connectivity index (χ2v) is 4.31. The quantitative estimate of drug-likeness (QED) is 0.541. The largest absolute Gasteiger partial charge is 0.480 e. The first-order chi connectivity index (χ1) is 8.28. The maximum atomic E-state index is 11.4. The molecular weight excluding hydrogens is 240 g/mol. The number of ether oxygens (including phenoxy) is 1. The van der Waals surface area contributed by atoms with E-state index in [-0.39, 0.29) is 6.42 Å². The molecule has 1 amide bonds. The summed E-state index contributed by atoms with van der Waals surface area (Å²) in [4.78, 5) is 28.9. The number of nitrogens with two attached hydrogens (primary N) is 1. The Bertz CT molecular complexity index is 410. The van der Waals surface area contributed by atoms with Crippen LogP contribution >= 0.6 is 0 Å². The summed E-state index contributed by atoms with van der Waals surface area (Å²) < 4.78 is 4.78. The number of carbonyl (C=O) groups is 2. The topological polar surface area (TPSA) is 130 Å². The molecule has 18 heavy (non-hydrogen) atoms. The van der Waals surface area contributed by atoms with Gasteiger partial charge in [0.15, 0.2) is 5.72 Å². The van der Waals surface area contributed by atoms with Gasteiger partial charge in [-0.3, -0.25) is 5.73 Å². The van der Waals surface area contributed by atoms with Gasteiger partial charge in [-0.05, 0) is 13.8 Å². The highest BCUT2D eigenvalue weighted by molar-refractivity contribution is 5.80. The lowest BCUT2D eigenvalue weighted by molar-refractivity contribution is -0.139. The van der Waals surface area contributed by atoms with Crippen molar-refractivity contribution in [1.82, 2.24) is 15.3 Å². The van der Waals surface area contributed by atoms with Gasteiger partial charge in [0.25, 0.3) is 0 Å². The summed E-state index contributed by atoms with van der Waals surface area (Å²) >= 11 is 0. The van der Waals surface area contributed by atoms with Crippen molar-refractivity contribution in [3.63, 3.8) is 0 Å². The zero-order valence-electron chi connectivity index (χ0n) is 10.1. The summed E-state index contributed by atoms with van der Waals surface area (Å²) in [6.07, 6.45) is 2.11. The van der Waals surface area contributed by atoms with Gasteiger partial charge in [-0.1, -0.05) is 0 Å². The molecule has 0 aromatic carbocycles. The third-order valence-corrected chi connectivity index (χ3v) is 1.92. The van der Waals surface area contributed by atoms with Crippen LogP contribution < -0.4 is 11.1 Å². The van der Waals surface area contributed by atoms with E-state index in [2.05, 4.69) is 15.3 Å². The van der Waals surface area contributed by atoms with Gasteiger partial charge in [0.1, 0.15) is 6.04 Å². The number of carboxylic acid groups (broad SMARTS) is 1. The number of hydrogen-bond donors (Lipinski definition) is 4. The maximum absolute atomic E-state index is 11.4. The van der Waals surface area contributed by atoms with Gasteiger partial charge in [0.05, 0.1) is 6.33 Å². The van der Waals surface area contributed by atoms with Crippen molar-refractivity contribution >= 4 is 12.1 Å². The SMILES string of the molecule is CC(C)(N)OC(=O)N[C@@H](Cc1cnc[nH]1)C(=O)O. The van der Waals surface area contributed by atoms with Crippen LogP contribution in [0.1, 0.15) is 19.5 Å². The molecule has 0 bridgehead atoms. The fourth-order valence-corrected chi connectivity index (χ4v) is 1.23. The predicted molar refractivity (Wildman–Crippen MR) is 61.6 cm³/mol. The minimum Gasteiger partial charge on any atom is -0.480 e. The summed E-state index contributed by atoms with van der Waals surface area (Å²) in [5, 5.41) is 11.2. The molecule has 1 heterocycles. The van der Waals surface area contributed by atoms with E-state index in [0.717, 1.165) is 0 Å². The summed E-state index contributed by atoms with van der Waals surface area (Å²) in [5.74, 6) is -1.17. The van der Waals surface area contributed by atoms with Crippen LogP contribution in [0.25, 0.3) is 0 Å². The Kier molecular flexibility index (Phi) is 4.27. The Morgan fingerprint density at radius 1 is 1.67 bits per heavy atom. The number of aromatic amines is 1. The molecule has 0 aliphatic rings. The normalized spacial score (nSPS) is 12.8. The van der Waals surface area contributed by atoms with Crippen molar-refractivity contribution < 1.29 is 19.4 Å². The lowest BCUT2D eigenvalue weighted by Gasteiger charge is -2.21. The second-order valence-electron chi connectivity index (χ2n) is 4.31. The van der Waals surface area contributed by atoms with Crippen LogP contribution in [0.15, 0.2) is 12.5 Å². The van der Waals surface area contributed by atoms with Crippen LogP contribution in [-0.4, -0.2) is 38.9 Å². The summed E-state index contributed by atoms with van der Waals surface area (Å²) in [5.41, 5.74) is 4.90. The highest BCUT2D eigenvalue weighted by Gasteiger charge is 2.24. The zero-order valence-corrected chi connectivity index (χ0v) is 10.1. The van der Waals surface area contributed by atoms with E-state index in [4.69, 9.17) is 15.6 Å². The summed E-state index contributed by atoms with van der Waals surface area (Å²) in [7, 11) is 0. The predicted octanol–water partition coefficient (Wildman–Crippen LogP) is -0.174. The molecule has 1 rings (SSSR count). The van der Waals surface area contributed by atoms with Crippen LogP contribution in [0.4, 0.5) is 4.79 Å². The third-order valence-electron chi connectivity index (χ3n) is 1.92. The van der Waals surface area contributed by atoms with Gasteiger partial charge in [-0.25, -0.2) is 14.6 Å². The number of H-pyrrole nitrogens is 1. The van der Waals surface area contributed by atoms with Crippen LogP contribution in [0.3, 0.4) is 0 Å². The van der Waals surface area contributed by atoms with Crippen LogP contribution in [0, 0.1) is 0 Å². The zero-order chi connectivity index (χ0) is 13.8. The van der Waals surface area contributed by atoms with Crippen molar-refractivity contribution in [2.24, 2.45) is 5.73 Å². The number of nitrogens with zero attached hydrogens (tertiary/aromatic N) is 1. The molecule has 5 N–H and O–H groups in total.